The second-order valence-corrected chi connectivity index (χ2v) is 6.87. The van der Waals surface area contributed by atoms with E-state index < -0.39 is 11.7 Å². The van der Waals surface area contributed by atoms with E-state index in [9.17, 15) is 18.0 Å². The van der Waals surface area contributed by atoms with Gasteiger partial charge in [0.1, 0.15) is 0 Å². The van der Waals surface area contributed by atoms with Crippen LogP contribution in [0, 0.1) is 0 Å². The first-order valence-electron chi connectivity index (χ1n) is 9.26. The molecule has 164 valence electrons. The Morgan fingerprint density at radius 3 is 2.66 bits per heavy atom. The van der Waals surface area contributed by atoms with Crippen molar-refractivity contribution < 1.29 is 22.7 Å². The highest BCUT2D eigenvalue weighted by atomic mass is 127. The molecule has 10 heteroatoms. The van der Waals surface area contributed by atoms with Gasteiger partial charge in [-0.1, -0.05) is 12.1 Å². The molecule has 0 saturated carbocycles. The summed E-state index contributed by atoms with van der Waals surface area (Å²) in [4.78, 5) is 17.6. The second-order valence-electron chi connectivity index (χ2n) is 6.87. The zero-order valence-electron chi connectivity index (χ0n) is 16.6. The van der Waals surface area contributed by atoms with E-state index in [1.54, 1.807) is 20.2 Å². The zero-order chi connectivity index (χ0) is 20.6. The van der Waals surface area contributed by atoms with Crippen molar-refractivity contribution >= 4 is 35.8 Å². The molecule has 1 amide bonds. The molecule has 1 heterocycles. The van der Waals surface area contributed by atoms with E-state index in [2.05, 4.69) is 15.6 Å². The van der Waals surface area contributed by atoms with Crippen molar-refractivity contribution in [1.82, 2.24) is 15.5 Å². The number of nitrogens with one attached hydrogen (secondary N) is 2. The molecule has 1 unspecified atom stereocenters. The monoisotopic (exact) mass is 528 g/mol. The van der Waals surface area contributed by atoms with Crippen LogP contribution in [0.15, 0.2) is 29.3 Å². The Labute approximate surface area is 186 Å². The van der Waals surface area contributed by atoms with Gasteiger partial charge in [0, 0.05) is 27.2 Å². The minimum atomic E-state index is -4.39. The molecule has 29 heavy (non-hydrogen) atoms. The predicted molar refractivity (Wildman–Crippen MR) is 116 cm³/mol. The van der Waals surface area contributed by atoms with Crippen LogP contribution in [0.5, 0.6) is 0 Å². The SMILES string of the molecule is CN(C)C(=O)CNC(=NCc1cccc(C(F)(F)F)c1)NCC1CCCCO1.I. The molecule has 1 aromatic rings. The number of hydrogen-bond acceptors (Lipinski definition) is 3. The number of carbonyl (C=O) groups is 1. The summed E-state index contributed by atoms with van der Waals surface area (Å²) in [6.45, 7) is 1.33. The lowest BCUT2D eigenvalue weighted by Crippen LogP contribution is -2.45. The van der Waals surface area contributed by atoms with Crippen molar-refractivity contribution in [2.45, 2.75) is 38.1 Å². The third kappa shape index (κ3) is 9.20. The van der Waals surface area contributed by atoms with Gasteiger partial charge in [-0.25, -0.2) is 4.99 Å². The van der Waals surface area contributed by atoms with Crippen molar-refractivity contribution in [1.29, 1.82) is 0 Å². The lowest BCUT2D eigenvalue weighted by Gasteiger charge is -2.24. The lowest BCUT2D eigenvalue weighted by atomic mass is 10.1. The molecule has 1 aliphatic heterocycles. The highest BCUT2D eigenvalue weighted by Crippen LogP contribution is 2.29. The number of guanidine groups is 1. The summed E-state index contributed by atoms with van der Waals surface area (Å²) in [5, 5.41) is 6.05. The van der Waals surface area contributed by atoms with Gasteiger partial charge >= 0.3 is 6.18 Å². The van der Waals surface area contributed by atoms with Crippen molar-refractivity contribution in [2.75, 3.05) is 33.8 Å². The van der Waals surface area contributed by atoms with Crippen LogP contribution in [0.25, 0.3) is 0 Å². The highest BCUT2D eigenvalue weighted by Gasteiger charge is 2.30. The third-order valence-corrected chi connectivity index (χ3v) is 4.35. The Bertz CT molecular complexity index is 678. The molecule has 0 radical (unpaired) electrons. The maximum atomic E-state index is 12.9. The summed E-state index contributed by atoms with van der Waals surface area (Å²) in [5.41, 5.74) is -0.273. The number of ether oxygens (including phenoxy) is 1. The van der Waals surface area contributed by atoms with Crippen LogP contribution < -0.4 is 10.6 Å². The van der Waals surface area contributed by atoms with Crippen LogP contribution in [0.3, 0.4) is 0 Å². The maximum Gasteiger partial charge on any atom is 0.416 e. The van der Waals surface area contributed by atoms with Gasteiger partial charge in [-0.05, 0) is 37.0 Å². The first kappa shape index (κ1) is 25.5. The second kappa shape index (κ2) is 12.2. The fourth-order valence-corrected chi connectivity index (χ4v) is 2.69. The predicted octanol–water partition coefficient (Wildman–Crippen LogP) is 3.02. The van der Waals surface area contributed by atoms with Gasteiger partial charge in [-0.15, -0.1) is 24.0 Å². The number of hydrogen-bond donors (Lipinski definition) is 2. The molecular weight excluding hydrogens is 500 g/mol. The number of rotatable bonds is 6. The number of amides is 1. The van der Waals surface area contributed by atoms with Crippen LogP contribution in [-0.4, -0.2) is 56.7 Å². The summed E-state index contributed by atoms with van der Waals surface area (Å²) < 4.78 is 44.2. The van der Waals surface area contributed by atoms with Crippen molar-refractivity contribution in [3.63, 3.8) is 0 Å². The van der Waals surface area contributed by atoms with Gasteiger partial charge in [0.15, 0.2) is 5.96 Å². The van der Waals surface area contributed by atoms with Gasteiger partial charge < -0.3 is 20.3 Å². The lowest BCUT2D eigenvalue weighted by molar-refractivity contribution is -0.137. The summed E-state index contributed by atoms with van der Waals surface area (Å²) in [6.07, 6.45) is -1.27. The first-order valence-corrected chi connectivity index (χ1v) is 9.26. The normalized spacial score (nSPS) is 17.3. The van der Waals surface area contributed by atoms with E-state index in [1.165, 1.54) is 11.0 Å². The van der Waals surface area contributed by atoms with Crippen LogP contribution in [0.1, 0.15) is 30.4 Å². The molecule has 6 nitrogen and oxygen atoms in total. The molecule has 1 aromatic carbocycles. The minimum absolute atomic E-state index is 0. The molecule has 2 rings (SSSR count). The fraction of sp³-hybridized carbons (Fsp3) is 0.579. The number of halogens is 4. The average molecular weight is 528 g/mol. The van der Waals surface area contributed by atoms with Crippen LogP contribution in [0.4, 0.5) is 13.2 Å². The van der Waals surface area contributed by atoms with Gasteiger partial charge in [0.05, 0.1) is 24.8 Å². The van der Waals surface area contributed by atoms with Crippen LogP contribution >= 0.6 is 24.0 Å². The standard InChI is InChI=1S/C19H27F3N4O2.HI/c1-26(2)17(27)13-25-18(24-12-16-8-3-4-9-28-16)23-11-14-6-5-7-15(10-14)19(20,21)22;/h5-7,10,16H,3-4,8-9,11-13H2,1-2H3,(H2,23,24,25);1H. The van der Waals surface area contributed by atoms with Crippen molar-refractivity contribution in [3.8, 4) is 0 Å². The topological polar surface area (TPSA) is 66.0 Å². The molecular formula is C19H28F3IN4O2. The van der Waals surface area contributed by atoms with Crippen molar-refractivity contribution in [3.05, 3.63) is 35.4 Å². The van der Waals surface area contributed by atoms with Crippen molar-refractivity contribution in [2.24, 2.45) is 4.99 Å². The van der Waals surface area contributed by atoms with E-state index in [1.807, 2.05) is 0 Å². The summed E-state index contributed by atoms with van der Waals surface area (Å²) in [5.74, 6) is 0.226. The molecule has 0 aromatic heterocycles. The molecule has 1 aliphatic rings. The van der Waals surface area contributed by atoms with E-state index in [0.717, 1.165) is 38.0 Å². The molecule has 1 saturated heterocycles. The number of likely N-dealkylation sites (N-methyl/N-ethyl adjacent to an activating group) is 1. The Balaban J connectivity index is 0.00000420. The number of aliphatic imine (C=N–C) groups is 1. The van der Waals surface area contributed by atoms with E-state index in [0.29, 0.717) is 18.1 Å². The van der Waals surface area contributed by atoms with Gasteiger partial charge in [0.2, 0.25) is 5.91 Å². The maximum absolute atomic E-state index is 12.9. The minimum Gasteiger partial charge on any atom is -0.376 e. The Morgan fingerprint density at radius 2 is 2.03 bits per heavy atom. The van der Waals surface area contributed by atoms with Crippen LogP contribution in [-0.2, 0) is 22.3 Å². The smallest absolute Gasteiger partial charge is 0.376 e. The average Bonchev–Trinajstić information content (AvgIpc) is 2.67. The number of alkyl halides is 3. The molecule has 0 spiro atoms. The van der Waals surface area contributed by atoms with Gasteiger partial charge in [-0.2, -0.15) is 13.2 Å². The Kier molecular flexibility index (Phi) is 10.7. The number of carbonyl (C=O) groups excluding carboxylic acids is 1. The largest absolute Gasteiger partial charge is 0.416 e. The molecule has 2 N–H and O–H groups in total. The number of nitrogens with zero attached hydrogens (tertiary/aromatic N) is 2. The summed E-state index contributed by atoms with van der Waals surface area (Å²) in [7, 11) is 3.29. The van der Waals surface area contributed by atoms with E-state index >= 15 is 0 Å². The molecule has 1 atom stereocenters. The molecule has 0 aliphatic carbocycles. The van der Waals surface area contributed by atoms with Gasteiger partial charge in [-0.3, -0.25) is 4.79 Å². The molecule has 1 fully saturated rings. The summed E-state index contributed by atoms with van der Waals surface area (Å²) in [6, 6.07) is 5.06. The Morgan fingerprint density at radius 1 is 1.28 bits per heavy atom. The zero-order valence-corrected chi connectivity index (χ0v) is 18.9. The molecule has 0 bridgehead atoms. The van der Waals surface area contributed by atoms with Gasteiger partial charge in [0.25, 0.3) is 0 Å². The number of benzene rings is 1. The van der Waals surface area contributed by atoms with Crippen LogP contribution in [0.2, 0.25) is 0 Å². The summed E-state index contributed by atoms with van der Waals surface area (Å²) >= 11 is 0. The van der Waals surface area contributed by atoms with E-state index in [-0.39, 0.29) is 49.1 Å². The fourth-order valence-electron chi connectivity index (χ4n) is 2.69. The quantitative estimate of drug-likeness (QED) is 0.339. The van der Waals surface area contributed by atoms with E-state index in [4.69, 9.17) is 4.74 Å². The third-order valence-electron chi connectivity index (χ3n) is 4.35. The first-order chi connectivity index (χ1) is 13.3. The Hall–Kier alpha value is -1.56. The highest BCUT2D eigenvalue weighted by molar-refractivity contribution is 14.0.